The Bertz CT molecular complexity index is 972. The fraction of sp³-hybridized carbons (Fsp3) is 0.462. The van der Waals surface area contributed by atoms with Gasteiger partial charge in [0.05, 0.1) is 18.2 Å². The summed E-state index contributed by atoms with van der Waals surface area (Å²) in [6, 6.07) is 12.1. The van der Waals surface area contributed by atoms with Crippen molar-refractivity contribution in [3.63, 3.8) is 0 Å². The summed E-state index contributed by atoms with van der Waals surface area (Å²) in [6.07, 6.45) is 7.69. The molecule has 4 aliphatic carbocycles. The molecule has 5 nitrogen and oxygen atoms in total. The summed E-state index contributed by atoms with van der Waals surface area (Å²) in [7, 11) is 1.71. The highest BCUT2D eigenvalue weighted by Gasteiger charge is 2.52. The molecule has 162 valence electrons. The standard InChI is InChI=1S/C26H28O5/c1-30-23-7-6-21(25(29)31-15-16-2-4-20(5-3-16)24(27)28)11-22(23)26-12-17-8-18(13-26)10-19(9-17)14-26/h2-7,11,17-19H,8-10,12-15H2,1H3,(H,27,28). The summed E-state index contributed by atoms with van der Waals surface area (Å²) in [5.74, 6) is 1.96. The van der Waals surface area contributed by atoms with E-state index in [9.17, 15) is 9.59 Å². The Hall–Kier alpha value is -2.82. The zero-order valence-corrected chi connectivity index (χ0v) is 17.8. The molecule has 0 atom stereocenters. The second-order valence-electron chi connectivity index (χ2n) is 9.69. The van der Waals surface area contributed by atoms with E-state index < -0.39 is 5.97 Å². The summed E-state index contributed by atoms with van der Waals surface area (Å²) in [6.45, 7) is 0.109. The lowest BCUT2D eigenvalue weighted by molar-refractivity contribution is -0.00620. The molecule has 4 saturated carbocycles. The number of carboxylic acid groups (broad SMARTS) is 1. The Morgan fingerprint density at radius 1 is 0.935 bits per heavy atom. The van der Waals surface area contributed by atoms with Gasteiger partial charge in [-0.3, -0.25) is 0 Å². The van der Waals surface area contributed by atoms with Crippen LogP contribution in [0.2, 0.25) is 0 Å². The molecular weight excluding hydrogens is 392 g/mol. The number of benzene rings is 2. The summed E-state index contributed by atoms with van der Waals surface area (Å²) in [5.41, 5.74) is 2.82. The van der Waals surface area contributed by atoms with Gasteiger partial charge < -0.3 is 14.6 Å². The molecule has 2 aromatic carbocycles. The molecule has 0 amide bonds. The van der Waals surface area contributed by atoms with E-state index in [-0.39, 0.29) is 23.6 Å². The van der Waals surface area contributed by atoms with E-state index in [0.29, 0.717) is 5.56 Å². The number of hydrogen-bond acceptors (Lipinski definition) is 4. The van der Waals surface area contributed by atoms with Crippen molar-refractivity contribution < 1.29 is 24.2 Å². The van der Waals surface area contributed by atoms with Gasteiger partial charge in [-0.1, -0.05) is 12.1 Å². The summed E-state index contributed by atoms with van der Waals surface area (Å²) < 4.78 is 11.3. The first-order valence-electron chi connectivity index (χ1n) is 11.1. The van der Waals surface area contributed by atoms with Gasteiger partial charge in [0.2, 0.25) is 0 Å². The predicted molar refractivity (Wildman–Crippen MR) is 115 cm³/mol. The molecule has 0 radical (unpaired) electrons. The monoisotopic (exact) mass is 420 g/mol. The van der Waals surface area contributed by atoms with Gasteiger partial charge in [-0.05, 0) is 97.6 Å². The molecule has 5 heteroatoms. The van der Waals surface area contributed by atoms with Crippen LogP contribution in [0.25, 0.3) is 0 Å². The van der Waals surface area contributed by atoms with Crippen LogP contribution in [0, 0.1) is 17.8 Å². The smallest absolute Gasteiger partial charge is 0.338 e. The number of carbonyl (C=O) groups is 2. The second kappa shape index (κ2) is 7.70. The maximum absolute atomic E-state index is 12.8. The Morgan fingerprint density at radius 2 is 1.52 bits per heavy atom. The van der Waals surface area contributed by atoms with Crippen molar-refractivity contribution in [3.8, 4) is 5.75 Å². The quantitative estimate of drug-likeness (QED) is 0.649. The van der Waals surface area contributed by atoms with E-state index in [1.165, 1.54) is 56.2 Å². The average molecular weight is 421 g/mol. The minimum absolute atomic E-state index is 0.109. The van der Waals surface area contributed by atoms with E-state index >= 15 is 0 Å². The third-order valence-electron chi connectivity index (χ3n) is 7.62. The first-order chi connectivity index (χ1) is 15.0. The number of carboxylic acids is 1. The molecule has 4 bridgehead atoms. The molecule has 4 aliphatic rings. The fourth-order valence-corrected chi connectivity index (χ4v) is 6.67. The molecule has 0 heterocycles. The van der Waals surface area contributed by atoms with Crippen LogP contribution in [-0.4, -0.2) is 24.2 Å². The largest absolute Gasteiger partial charge is 0.496 e. The molecule has 31 heavy (non-hydrogen) atoms. The molecule has 6 rings (SSSR count). The normalized spacial score (nSPS) is 28.4. The molecule has 0 aliphatic heterocycles. The molecule has 0 saturated heterocycles. The van der Waals surface area contributed by atoms with Crippen LogP contribution in [0.5, 0.6) is 5.75 Å². The van der Waals surface area contributed by atoms with Crippen LogP contribution >= 0.6 is 0 Å². The third-order valence-corrected chi connectivity index (χ3v) is 7.62. The predicted octanol–water partition coefficient (Wildman–Crippen LogP) is 5.22. The highest BCUT2D eigenvalue weighted by atomic mass is 16.5. The summed E-state index contributed by atoms with van der Waals surface area (Å²) in [5, 5.41) is 9.00. The summed E-state index contributed by atoms with van der Waals surface area (Å²) in [4.78, 5) is 23.8. The van der Waals surface area contributed by atoms with Crippen LogP contribution in [0.3, 0.4) is 0 Å². The topological polar surface area (TPSA) is 72.8 Å². The fourth-order valence-electron chi connectivity index (χ4n) is 6.67. The lowest BCUT2D eigenvalue weighted by atomic mass is 9.48. The third kappa shape index (κ3) is 3.71. The lowest BCUT2D eigenvalue weighted by Crippen LogP contribution is -2.48. The van der Waals surface area contributed by atoms with Crippen LogP contribution < -0.4 is 4.74 Å². The van der Waals surface area contributed by atoms with Gasteiger partial charge in [-0.2, -0.15) is 0 Å². The highest BCUT2D eigenvalue weighted by molar-refractivity contribution is 5.90. The number of aromatic carboxylic acids is 1. The van der Waals surface area contributed by atoms with Crippen molar-refractivity contribution in [1.29, 1.82) is 0 Å². The average Bonchev–Trinajstić information content (AvgIpc) is 2.76. The molecule has 0 spiro atoms. The van der Waals surface area contributed by atoms with Crippen molar-refractivity contribution >= 4 is 11.9 Å². The molecule has 0 unspecified atom stereocenters. The van der Waals surface area contributed by atoms with Crippen molar-refractivity contribution in [2.75, 3.05) is 7.11 Å². The maximum Gasteiger partial charge on any atom is 0.338 e. The number of methoxy groups -OCH3 is 1. The first kappa shape index (κ1) is 20.1. The van der Waals surface area contributed by atoms with Gasteiger partial charge in [0.25, 0.3) is 0 Å². The van der Waals surface area contributed by atoms with Crippen LogP contribution in [-0.2, 0) is 16.8 Å². The second-order valence-corrected chi connectivity index (χ2v) is 9.69. The van der Waals surface area contributed by atoms with Gasteiger partial charge in [-0.25, -0.2) is 9.59 Å². The van der Waals surface area contributed by atoms with Gasteiger partial charge in [0.15, 0.2) is 0 Å². The van der Waals surface area contributed by atoms with E-state index in [2.05, 4.69) is 0 Å². The zero-order chi connectivity index (χ0) is 21.6. The molecule has 1 N–H and O–H groups in total. The lowest BCUT2D eigenvalue weighted by Gasteiger charge is -2.57. The Labute approximate surface area is 182 Å². The number of esters is 1. The number of carbonyl (C=O) groups excluding carboxylic acids is 1. The zero-order valence-electron chi connectivity index (χ0n) is 17.8. The Morgan fingerprint density at radius 3 is 2.06 bits per heavy atom. The van der Waals surface area contributed by atoms with E-state index in [1.54, 1.807) is 25.3 Å². The molecule has 0 aromatic heterocycles. The van der Waals surface area contributed by atoms with Gasteiger partial charge >= 0.3 is 11.9 Å². The van der Waals surface area contributed by atoms with E-state index in [0.717, 1.165) is 29.1 Å². The number of hydrogen-bond donors (Lipinski definition) is 1. The van der Waals surface area contributed by atoms with Crippen LogP contribution in [0.1, 0.15) is 70.4 Å². The van der Waals surface area contributed by atoms with Gasteiger partial charge in [0, 0.05) is 5.56 Å². The number of rotatable bonds is 6. The first-order valence-corrected chi connectivity index (χ1v) is 11.1. The van der Waals surface area contributed by atoms with Gasteiger partial charge in [0.1, 0.15) is 12.4 Å². The van der Waals surface area contributed by atoms with Crippen molar-refractivity contribution in [2.24, 2.45) is 17.8 Å². The SMILES string of the molecule is COc1ccc(C(=O)OCc2ccc(C(=O)O)cc2)cc1C12CC3CC(CC(C3)C1)C2. The number of ether oxygens (including phenoxy) is 2. The summed E-state index contributed by atoms with van der Waals surface area (Å²) >= 11 is 0. The highest BCUT2D eigenvalue weighted by Crippen LogP contribution is 2.61. The van der Waals surface area contributed by atoms with Crippen LogP contribution in [0.4, 0.5) is 0 Å². The van der Waals surface area contributed by atoms with Crippen molar-refractivity contribution in [1.82, 2.24) is 0 Å². The Kier molecular flexibility index (Phi) is 4.99. The minimum Gasteiger partial charge on any atom is -0.496 e. The van der Waals surface area contributed by atoms with Gasteiger partial charge in [-0.15, -0.1) is 0 Å². The Balaban J connectivity index is 1.36. The van der Waals surface area contributed by atoms with E-state index in [1.807, 2.05) is 12.1 Å². The maximum atomic E-state index is 12.8. The van der Waals surface area contributed by atoms with Crippen molar-refractivity contribution in [3.05, 3.63) is 64.7 Å². The van der Waals surface area contributed by atoms with E-state index in [4.69, 9.17) is 14.6 Å². The molecular formula is C26H28O5. The van der Waals surface area contributed by atoms with Crippen LogP contribution in [0.15, 0.2) is 42.5 Å². The van der Waals surface area contributed by atoms with Crippen molar-refractivity contribution in [2.45, 2.75) is 50.5 Å². The minimum atomic E-state index is -0.973. The molecule has 4 fully saturated rings. The molecule has 2 aromatic rings.